The Morgan fingerprint density at radius 3 is 2.28 bits per heavy atom. The molecule has 5 fully saturated rings. The SMILES string of the molecule is CCOC(=O)CCCNC(=O)COC(=O)C1CCCN1C(=O)C12CC3CC(CC(C3)C1)C2. The van der Waals surface area contributed by atoms with Crippen molar-refractivity contribution in [1.29, 1.82) is 0 Å². The van der Waals surface area contributed by atoms with Crippen LogP contribution in [0.15, 0.2) is 0 Å². The smallest absolute Gasteiger partial charge is 0.329 e. The van der Waals surface area contributed by atoms with Gasteiger partial charge in [-0.15, -0.1) is 0 Å². The van der Waals surface area contributed by atoms with Crippen LogP contribution in [0.4, 0.5) is 0 Å². The molecule has 0 spiro atoms. The summed E-state index contributed by atoms with van der Waals surface area (Å²) in [6.07, 6.45) is 8.83. The molecule has 1 unspecified atom stereocenters. The van der Waals surface area contributed by atoms with E-state index in [1.165, 1.54) is 19.3 Å². The van der Waals surface area contributed by atoms with Crippen molar-refractivity contribution in [2.45, 2.75) is 77.2 Å². The molecule has 8 nitrogen and oxygen atoms in total. The van der Waals surface area contributed by atoms with Crippen molar-refractivity contribution in [1.82, 2.24) is 10.2 Å². The van der Waals surface area contributed by atoms with Crippen LogP contribution in [-0.4, -0.2) is 61.0 Å². The molecular formula is C24H36N2O6. The number of nitrogens with zero attached hydrogens (tertiary/aromatic N) is 1. The van der Waals surface area contributed by atoms with Crippen molar-refractivity contribution >= 4 is 23.8 Å². The Bertz CT molecular complexity index is 715. The van der Waals surface area contributed by atoms with Crippen LogP contribution in [0.25, 0.3) is 0 Å². The number of esters is 2. The second-order valence-electron chi connectivity index (χ2n) is 10.2. The van der Waals surface area contributed by atoms with Crippen molar-refractivity contribution in [3.63, 3.8) is 0 Å². The van der Waals surface area contributed by atoms with E-state index in [1.807, 2.05) is 0 Å². The van der Waals surface area contributed by atoms with Gasteiger partial charge in [-0.1, -0.05) is 0 Å². The first-order chi connectivity index (χ1) is 15.4. The lowest BCUT2D eigenvalue weighted by Crippen LogP contribution is -2.56. The summed E-state index contributed by atoms with van der Waals surface area (Å²) in [6, 6.07) is -0.577. The van der Waals surface area contributed by atoms with E-state index in [9.17, 15) is 19.2 Å². The van der Waals surface area contributed by atoms with E-state index in [0.29, 0.717) is 50.3 Å². The van der Waals surface area contributed by atoms with E-state index < -0.39 is 17.9 Å². The van der Waals surface area contributed by atoms with E-state index >= 15 is 0 Å². The normalized spacial score (nSPS) is 32.6. The monoisotopic (exact) mass is 448 g/mol. The molecule has 0 aromatic heterocycles. The van der Waals surface area contributed by atoms with E-state index in [1.54, 1.807) is 11.8 Å². The third-order valence-corrected chi connectivity index (χ3v) is 7.81. The number of hydrogen-bond acceptors (Lipinski definition) is 6. The van der Waals surface area contributed by atoms with Crippen molar-refractivity contribution < 1.29 is 28.7 Å². The lowest BCUT2D eigenvalue weighted by atomic mass is 9.49. The highest BCUT2D eigenvalue weighted by Crippen LogP contribution is 2.60. The van der Waals surface area contributed by atoms with Crippen LogP contribution < -0.4 is 5.32 Å². The van der Waals surface area contributed by atoms with Crippen molar-refractivity contribution in [3.8, 4) is 0 Å². The van der Waals surface area contributed by atoms with Gasteiger partial charge in [0.2, 0.25) is 5.91 Å². The highest BCUT2D eigenvalue weighted by Gasteiger charge is 2.57. The van der Waals surface area contributed by atoms with E-state index in [4.69, 9.17) is 9.47 Å². The Hall–Kier alpha value is -2.12. The predicted molar refractivity (Wildman–Crippen MR) is 115 cm³/mol. The van der Waals surface area contributed by atoms with Crippen LogP contribution in [0.3, 0.4) is 0 Å². The summed E-state index contributed by atoms with van der Waals surface area (Å²) in [6.45, 7) is 2.63. The maximum Gasteiger partial charge on any atom is 0.329 e. The summed E-state index contributed by atoms with van der Waals surface area (Å²) in [7, 11) is 0. The predicted octanol–water partition coefficient (Wildman–Crippen LogP) is 2.20. The van der Waals surface area contributed by atoms with Gasteiger partial charge < -0.3 is 19.7 Å². The number of ether oxygens (including phenoxy) is 2. The zero-order valence-corrected chi connectivity index (χ0v) is 19.1. The first kappa shape index (κ1) is 23.1. The minimum atomic E-state index is -0.577. The van der Waals surface area contributed by atoms with Crippen LogP contribution in [0, 0.1) is 23.2 Å². The highest BCUT2D eigenvalue weighted by atomic mass is 16.5. The van der Waals surface area contributed by atoms with E-state index in [-0.39, 0.29) is 30.3 Å². The van der Waals surface area contributed by atoms with Crippen LogP contribution in [0.2, 0.25) is 0 Å². The second-order valence-corrected chi connectivity index (χ2v) is 10.2. The third-order valence-electron chi connectivity index (χ3n) is 7.81. The van der Waals surface area contributed by atoms with E-state index in [2.05, 4.69) is 5.32 Å². The maximum absolute atomic E-state index is 13.6. The Morgan fingerprint density at radius 2 is 1.66 bits per heavy atom. The summed E-state index contributed by atoms with van der Waals surface area (Å²) in [5.74, 6) is 0.987. The van der Waals surface area contributed by atoms with Crippen molar-refractivity contribution in [2.75, 3.05) is 26.3 Å². The molecule has 1 aliphatic heterocycles. The molecule has 8 heteroatoms. The van der Waals surface area contributed by atoms with Crippen LogP contribution in [-0.2, 0) is 28.7 Å². The molecule has 5 aliphatic rings. The van der Waals surface area contributed by atoms with Crippen LogP contribution in [0.1, 0.15) is 71.1 Å². The van der Waals surface area contributed by atoms with Gasteiger partial charge in [-0.2, -0.15) is 0 Å². The fraction of sp³-hybridized carbons (Fsp3) is 0.833. The molecular weight excluding hydrogens is 412 g/mol. The van der Waals surface area contributed by atoms with E-state index in [0.717, 1.165) is 25.7 Å². The van der Waals surface area contributed by atoms with Gasteiger partial charge in [0.1, 0.15) is 6.04 Å². The Labute approximate surface area is 189 Å². The van der Waals surface area contributed by atoms with Gasteiger partial charge in [0, 0.05) is 19.5 Å². The Morgan fingerprint density at radius 1 is 1.00 bits per heavy atom. The molecule has 2 amide bonds. The number of rotatable bonds is 9. The fourth-order valence-electron chi connectivity index (χ4n) is 6.91. The molecule has 0 radical (unpaired) electrons. The first-order valence-electron chi connectivity index (χ1n) is 12.3. The zero-order chi connectivity index (χ0) is 22.7. The summed E-state index contributed by atoms with van der Waals surface area (Å²) in [5.41, 5.74) is -0.270. The highest BCUT2D eigenvalue weighted by molar-refractivity contribution is 5.90. The molecule has 178 valence electrons. The summed E-state index contributed by atoms with van der Waals surface area (Å²) in [5, 5.41) is 2.64. The summed E-state index contributed by atoms with van der Waals surface area (Å²) < 4.78 is 10.1. The summed E-state index contributed by atoms with van der Waals surface area (Å²) in [4.78, 5) is 51.4. The molecule has 1 atom stereocenters. The molecule has 1 N–H and O–H groups in total. The number of hydrogen-bond donors (Lipinski definition) is 1. The molecule has 1 heterocycles. The number of carbonyl (C=O) groups is 4. The largest absolute Gasteiger partial charge is 0.466 e. The molecule has 0 aromatic rings. The Kier molecular flexibility index (Phi) is 7.05. The minimum absolute atomic E-state index is 0.152. The average molecular weight is 449 g/mol. The molecule has 4 aliphatic carbocycles. The average Bonchev–Trinajstić information content (AvgIpc) is 3.23. The molecule has 32 heavy (non-hydrogen) atoms. The minimum Gasteiger partial charge on any atom is -0.466 e. The quantitative estimate of drug-likeness (QED) is 0.429. The standard InChI is InChI=1S/C24H36N2O6/c1-2-31-21(28)6-3-7-25-20(27)15-32-22(29)19-5-4-8-26(19)23(30)24-12-16-9-17(13-24)11-18(10-16)14-24/h16-19H,2-15H2,1H3,(H,25,27). The van der Waals surface area contributed by atoms with Crippen LogP contribution in [0.5, 0.6) is 0 Å². The van der Waals surface area contributed by atoms with Gasteiger partial charge in [-0.05, 0) is 82.5 Å². The van der Waals surface area contributed by atoms with Gasteiger partial charge in [0.25, 0.3) is 5.91 Å². The second kappa shape index (κ2) is 9.79. The van der Waals surface area contributed by atoms with Gasteiger partial charge in [-0.3, -0.25) is 14.4 Å². The lowest BCUT2D eigenvalue weighted by Gasteiger charge is -2.56. The first-order valence-corrected chi connectivity index (χ1v) is 12.3. The third kappa shape index (κ3) is 4.94. The molecule has 0 aromatic carbocycles. The maximum atomic E-state index is 13.6. The molecule has 1 saturated heterocycles. The summed E-state index contributed by atoms with van der Waals surface area (Å²) >= 11 is 0. The fourth-order valence-corrected chi connectivity index (χ4v) is 6.91. The molecule has 5 rings (SSSR count). The number of nitrogens with one attached hydrogen (secondary N) is 1. The van der Waals surface area contributed by atoms with Crippen molar-refractivity contribution in [3.05, 3.63) is 0 Å². The van der Waals surface area contributed by atoms with Crippen LogP contribution >= 0.6 is 0 Å². The molecule has 4 saturated carbocycles. The molecule has 4 bridgehead atoms. The van der Waals surface area contributed by atoms with Gasteiger partial charge >= 0.3 is 11.9 Å². The van der Waals surface area contributed by atoms with Crippen molar-refractivity contribution in [2.24, 2.45) is 23.2 Å². The number of amides is 2. The Balaban J connectivity index is 1.24. The van der Waals surface area contributed by atoms with Gasteiger partial charge in [0.15, 0.2) is 6.61 Å². The lowest BCUT2D eigenvalue weighted by molar-refractivity contribution is -0.166. The van der Waals surface area contributed by atoms with Gasteiger partial charge in [-0.25, -0.2) is 4.79 Å². The zero-order valence-electron chi connectivity index (χ0n) is 19.1. The number of likely N-dealkylation sites (tertiary alicyclic amines) is 1. The number of carbonyl (C=O) groups excluding carboxylic acids is 4. The van der Waals surface area contributed by atoms with Gasteiger partial charge in [0.05, 0.1) is 12.0 Å². The topological polar surface area (TPSA) is 102 Å².